The van der Waals surface area contributed by atoms with Crippen LogP contribution in [0.25, 0.3) is 11.3 Å². The summed E-state index contributed by atoms with van der Waals surface area (Å²) in [4.78, 5) is 25.4. The van der Waals surface area contributed by atoms with Gasteiger partial charge >= 0.3 is 18.7 Å². The summed E-state index contributed by atoms with van der Waals surface area (Å²) in [6.45, 7) is 6.00. The molecule has 0 fully saturated rings. The molecule has 3 aromatic rings. The molecular formula is C31H38F4IN5O5. The van der Waals surface area contributed by atoms with Crippen molar-refractivity contribution in [3.63, 3.8) is 0 Å². The second-order valence-corrected chi connectivity index (χ2v) is 13.8. The molecule has 0 aliphatic carbocycles. The third-order valence-corrected chi connectivity index (χ3v) is 6.90. The molecule has 1 heterocycles. The lowest BCUT2D eigenvalue weighted by atomic mass is 10.0. The van der Waals surface area contributed by atoms with E-state index >= 15 is 8.78 Å². The van der Waals surface area contributed by atoms with Crippen molar-refractivity contribution in [2.45, 2.75) is 84.4 Å². The normalized spacial score (nSPS) is 13.4. The Morgan fingerprint density at radius 2 is 1.54 bits per heavy atom. The van der Waals surface area contributed by atoms with Crippen LogP contribution >= 0.6 is 22.6 Å². The van der Waals surface area contributed by atoms with Gasteiger partial charge in [-0.1, -0.05) is 12.1 Å². The highest BCUT2D eigenvalue weighted by atomic mass is 127. The number of carbonyl (C=O) groups is 2. The van der Waals surface area contributed by atoms with E-state index in [1.165, 1.54) is 6.07 Å². The number of nitrogens with one attached hydrogen (secondary N) is 2. The number of hydrogen-bond acceptors (Lipinski definition) is 7. The van der Waals surface area contributed by atoms with Gasteiger partial charge in [0.05, 0.1) is 17.8 Å². The van der Waals surface area contributed by atoms with Crippen LogP contribution in [0.5, 0.6) is 0 Å². The monoisotopic (exact) mass is 763 g/mol. The molecule has 2 aromatic carbocycles. The van der Waals surface area contributed by atoms with Crippen molar-refractivity contribution < 1.29 is 41.7 Å². The van der Waals surface area contributed by atoms with E-state index in [1.807, 2.05) is 24.3 Å². The van der Waals surface area contributed by atoms with Gasteiger partial charge in [0.2, 0.25) is 0 Å². The number of nitrogens with zero attached hydrogens (tertiary/aromatic N) is 3. The first kappa shape index (κ1) is 37.0. The van der Waals surface area contributed by atoms with Gasteiger partial charge in [-0.15, -0.1) is 0 Å². The average Bonchev–Trinajstić information content (AvgIpc) is 3.40. The number of ether oxygens (including phenoxy) is 2. The number of benzene rings is 2. The first-order valence-electron chi connectivity index (χ1n) is 14.3. The third kappa shape index (κ3) is 11.7. The number of hydrogen-bond donors (Lipinski definition) is 3. The van der Waals surface area contributed by atoms with E-state index in [2.05, 4.69) is 38.4 Å². The number of alkyl carbamates (subject to hydrolysis) is 1. The lowest BCUT2D eigenvalue weighted by Crippen LogP contribution is -2.54. The smallest absolute Gasteiger partial charge is 0.422 e. The first-order chi connectivity index (χ1) is 21.3. The summed E-state index contributed by atoms with van der Waals surface area (Å²) in [7, 11) is 0. The molecule has 1 aromatic heterocycles. The van der Waals surface area contributed by atoms with Gasteiger partial charge in [-0.3, -0.25) is 5.43 Å². The maximum absolute atomic E-state index is 15.3. The van der Waals surface area contributed by atoms with Crippen LogP contribution in [0.1, 0.15) is 59.2 Å². The molecule has 0 aliphatic heterocycles. The zero-order valence-corrected chi connectivity index (χ0v) is 28.4. The summed E-state index contributed by atoms with van der Waals surface area (Å²) < 4.78 is 68.6. The molecule has 10 nitrogen and oxygen atoms in total. The van der Waals surface area contributed by atoms with Crippen molar-refractivity contribution in [3.05, 3.63) is 75.0 Å². The fourth-order valence-corrected chi connectivity index (χ4v) is 4.60. The van der Waals surface area contributed by atoms with E-state index in [1.54, 1.807) is 41.5 Å². The van der Waals surface area contributed by atoms with Crippen LogP contribution < -0.4 is 10.7 Å². The molecule has 15 heteroatoms. The molecule has 0 bridgehead atoms. The SMILES string of the molecule is CC(C)(C)OC(=O)N[C@@H](Cc1ccc(I)cc1)[C@@H](O)CN(Cc1c(F)cc(-c2ccn(C(F)F)n2)cc1F)NC(=O)OC(C)(C)C. The Morgan fingerprint density at radius 3 is 2.07 bits per heavy atom. The Bertz CT molecular complexity index is 1470. The minimum absolute atomic E-state index is 0.0736. The number of aliphatic hydroxyl groups is 1. The minimum Gasteiger partial charge on any atom is -0.444 e. The maximum Gasteiger partial charge on any atom is 0.422 e. The van der Waals surface area contributed by atoms with Gasteiger partial charge in [0.15, 0.2) is 0 Å². The Labute approximate surface area is 278 Å². The standard InChI is InChI=1S/C31H38F4IN5O5/c1-30(2,3)45-28(43)37-25(13-18-7-9-20(36)10-8-18)26(42)17-40(39-29(44)46-31(4,5)6)16-21-22(32)14-19(15-23(21)33)24-11-12-41(38-24)27(34)35/h7-12,14-15,25-27,42H,13,16-17H2,1-6H3,(H,37,43)(H,39,44)/t25-,26-/m0/s1. The van der Waals surface area contributed by atoms with Crippen LogP contribution in [-0.2, 0) is 22.4 Å². The molecule has 0 spiro atoms. The predicted molar refractivity (Wildman–Crippen MR) is 171 cm³/mol. The van der Waals surface area contributed by atoms with Crippen LogP contribution in [0.2, 0.25) is 0 Å². The average molecular weight is 764 g/mol. The van der Waals surface area contributed by atoms with Crippen molar-refractivity contribution >= 4 is 34.8 Å². The highest BCUT2D eigenvalue weighted by Crippen LogP contribution is 2.25. The van der Waals surface area contributed by atoms with Crippen molar-refractivity contribution in [2.24, 2.45) is 0 Å². The second-order valence-electron chi connectivity index (χ2n) is 12.5. The maximum atomic E-state index is 15.3. The Balaban J connectivity index is 1.91. The van der Waals surface area contributed by atoms with Gasteiger partial charge in [-0.05, 0) is 106 Å². The van der Waals surface area contributed by atoms with Gasteiger partial charge in [0, 0.05) is 34.0 Å². The zero-order chi connectivity index (χ0) is 34.4. The Kier molecular flexibility index (Phi) is 12.4. The van der Waals surface area contributed by atoms with Crippen molar-refractivity contribution in [3.8, 4) is 11.3 Å². The largest absolute Gasteiger partial charge is 0.444 e. The number of aromatic nitrogens is 2. The van der Waals surface area contributed by atoms with Gasteiger partial charge in [-0.2, -0.15) is 13.9 Å². The summed E-state index contributed by atoms with van der Waals surface area (Å²) in [5.74, 6) is -2.09. The topological polar surface area (TPSA) is 118 Å². The van der Waals surface area contributed by atoms with Crippen LogP contribution in [0, 0.1) is 15.2 Å². The van der Waals surface area contributed by atoms with E-state index in [4.69, 9.17) is 9.47 Å². The fraction of sp³-hybridized carbons (Fsp3) is 0.452. The summed E-state index contributed by atoms with van der Waals surface area (Å²) in [6, 6.07) is 9.46. The molecule has 0 unspecified atom stereocenters. The third-order valence-electron chi connectivity index (χ3n) is 6.19. The van der Waals surface area contributed by atoms with Crippen molar-refractivity contribution in [1.29, 1.82) is 0 Å². The number of rotatable bonds is 11. The molecular weight excluding hydrogens is 725 g/mol. The molecule has 0 radical (unpaired) electrons. The van der Waals surface area contributed by atoms with E-state index in [9.17, 15) is 23.5 Å². The summed E-state index contributed by atoms with van der Waals surface area (Å²) in [5.41, 5.74) is 0.805. The first-order valence-corrected chi connectivity index (χ1v) is 15.4. The molecule has 3 rings (SSSR count). The van der Waals surface area contributed by atoms with E-state index in [0.717, 1.165) is 32.5 Å². The zero-order valence-electron chi connectivity index (χ0n) is 26.3. The molecule has 0 saturated heterocycles. The number of amides is 2. The minimum atomic E-state index is -2.93. The number of halogens is 5. The fourth-order valence-electron chi connectivity index (χ4n) is 4.24. The van der Waals surface area contributed by atoms with Crippen molar-refractivity contribution in [2.75, 3.05) is 6.54 Å². The van der Waals surface area contributed by atoms with Gasteiger partial charge in [0.25, 0.3) is 0 Å². The van der Waals surface area contributed by atoms with Crippen LogP contribution in [0.15, 0.2) is 48.7 Å². The lowest BCUT2D eigenvalue weighted by Gasteiger charge is -2.32. The molecule has 252 valence electrons. The van der Waals surface area contributed by atoms with Crippen LogP contribution in [-0.4, -0.2) is 62.0 Å². The van der Waals surface area contributed by atoms with Gasteiger partial charge in [0.1, 0.15) is 22.8 Å². The second kappa shape index (κ2) is 15.4. The quantitative estimate of drug-likeness (QED) is 0.115. The summed E-state index contributed by atoms with van der Waals surface area (Å²) in [5, 5.41) is 18.7. The molecule has 2 atom stereocenters. The highest BCUT2D eigenvalue weighted by Gasteiger charge is 2.29. The number of carbonyl (C=O) groups excluding carboxylic acids is 2. The number of alkyl halides is 2. The molecule has 3 N–H and O–H groups in total. The van der Waals surface area contributed by atoms with E-state index in [-0.39, 0.29) is 17.7 Å². The molecule has 0 aliphatic rings. The Hall–Kier alpha value is -3.44. The molecule has 46 heavy (non-hydrogen) atoms. The predicted octanol–water partition coefficient (Wildman–Crippen LogP) is 6.57. The Morgan fingerprint density at radius 1 is 0.978 bits per heavy atom. The highest BCUT2D eigenvalue weighted by molar-refractivity contribution is 14.1. The van der Waals surface area contributed by atoms with Crippen molar-refractivity contribution in [1.82, 2.24) is 25.5 Å². The summed E-state index contributed by atoms with van der Waals surface area (Å²) in [6.07, 6.45) is -2.01. The van der Waals surface area contributed by atoms with E-state index < -0.39 is 72.4 Å². The molecule has 2 amide bonds. The molecule has 0 saturated carbocycles. The van der Waals surface area contributed by atoms with Gasteiger partial charge in [-0.25, -0.2) is 28.1 Å². The van der Waals surface area contributed by atoms with E-state index in [0.29, 0.717) is 4.68 Å². The number of aliphatic hydroxyl groups excluding tert-OH is 1. The van der Waals surface area contributed by atoms with Gasteiger partial charge < -0.3 is 19.9 Å². The lowest BCUT2D eigenvalue weighted by molar-refractivity contribution is 0.01000. The summed E-state index contributed by atoms with van der Waals surface area (Å²) >= 11 is 2.14. The van der Waals surface area contributed by atoms with Crippen LogP contribution in [0.4, 0.5) is 27.2 Å². The van der Waals surface area contributed by atoms with Crippen LogP contribution in [0.3, 0.4) is 0 Å². The number of hydrazine groups is 1.